The van der Waals surface area contributed by atoms with E-state index in [2.05, 4.69) is 78.3 Å². The summed E-state index contributed by atoms with van der Waals surface area (Å²) in [5.74, 6) is 0. The van der Waals surface area contributed by atoms with Gasteiger partial charge in [-0.15, -0.1) is 53.1 Å². The van der Waals surface area contributed by atoms with Gasteiger partial charge in [-0.3, -0.25) is 0 Å². The van der Waals surface area contributed by atoms with E-state index in [1.807, 2.05) is 54.7 Å². The van der Waals surface area contributed by atoms with E-state index >= 15 is 0 Å². The fourth-order valence-corrected chi connectivity index (χ4v) is 4.49. The zero-order valence-corrected chi connectivity index (χ0v) is 22.3. The third-order valence-electron chi connectivity index (χ3n) is 6.34. The summed E-state index contributed by atoms with van der Waals surface area (Å²) in [6.45, 7) is 6.63. The Bertz CT molecular complexity index is 1390. The molecule has 0 atom stereocenters. The van der Waals surface area contributed by atoms with E-state index < -0.39 is 0 Å². The maximum absolute atomic E-state index is 4.67. The summed E-state index contributed by atoms with van der Waals surface area (Å²) in [7, 11) is 0. The van der Waals surface area contributed by atoms with E-state index in [-0.39, 0.29) is 25.5 Å². The number of hydrogen-bond acceptors (Lipinski definition) is 3. The Morgan fingerprint density at radius 2 is 1.54 bits per heavy atom. The topological polar surface area (TPSA) is 38.7 Å². The Hall–Kier alpha value is -3.46. The Balaban J connectivity index is 0.000000189. The number of hydrogen-bond donors (Lipinski definition) is 0. The van der Waals surface area contributed by atoms with Crippen LogP contribution in [0.25, 0.3) is 33.6 Å². The quantitative estimate of drug-likeness (QED) is 0.195. The molecule has 0 bridgehead atoms. The van der Waals surface area contributed by atoms with Crippen LogP contribution in [0.15, 0.2) is 97.5 Å². The largest absolute Gasteiger partial charge is 0.360 e. The Labute approximate surface area is 220 Å². The molecule has 2 aromatic carbocycles. The maximum Gasteiger partial charge on any atom is 0.0242 e. The number of pyridine rings is 3. The summed E-state index contributed by atoms with van der Waals surface area (Å²) in [5, 5.41) is 0. The molecule has 0 N–H and O–H groups in total. The van der Waals surface area contributed by atoms with Gasteiger partial charge in [0.25, 0.3) is 0 Å². The van der Waals surface area contributed by atoms with Crippen LogP contribution in [0, 0.1) is 19.2 Å². The minimum Gasteiger partial charge on any atom is -0.360 e. The molecule has 1 aliphatic rings. The molecule has 0 spiro atoms. The van der Waals surface area contributed by atoms with Crippen LogP contribution in [0.5, 0.6) is 0 Å². The number of aromatic nitrogens is 3. The van der Waals surface area contributed by atoms with Crippen molar-refractivity contribution in [3.05, 3.63) is 126 Å². The van der Waals surface area contributed by atoms with Gasteiger partial charge in [0.05, 0.1) is 0 Å². The van der Waals surface area contributed by atoms with Gasteiger partial charge in [0.15, 0.2) is 0 Å². The second kappa shape index (κ2) is 10.4. The molecule has 0 saturated heterocycles. The van der Waals surface area contributed by atoms with Crippen molar-refractivity contribution in [3.63, 3.8) is 0 Å². The molecule has 6 rings (SSSR count). The van der Waals surface area contributed by atoms with Crippen LogP contribution in [-0.2, 0) is 25.5 Å². The van der Waals surface area contributed by atoms with Crippen molar-refractivity contribution >= 4 is 0 Å². The summed E-state index contributed by atoms with van der Waals surface area (Å²) in [4.78, 5) is 13.0. The molecule has 3 aromatic heterocycles. The summed E-state index contributed by atoms with van der Waals surface area (Å²) in [5.41, 5.74) is 10.3. The molecule has 4 heteroatoms. The Kier molecular flexibility index (Phi) is 7.35. The van der Waals surface area contributed by atoms with Crippen LogP contribution in [0.1, 0.15) is 30.5 Å². The first-order chi connectivity index (χ1) is 16.6. The van der Waals surface area contributed by atoms with Gasteiger partial charge < -0.3 is 15.0 Å². The minimum atomic E-state index is -0.000268. The average molecular weight is 632 g/mol. The van der Waals surface area contributed by atoms with Crippen molar-refractivity contribution < 1.29 is 20.1 Å². The number of nitrogens with zero attached hydrogens (tertiary/aromatic N) is 3. The van der Waals surface area contributed by atoms with Crippen LogP contribution < -0.4 is 0 Å². The SMILES string of the molecule is Cc1ccn[c-]c1-c1cc2c(cn1)-c1ccccc1C2(C)C.[Ir].[c-]1ccccc1-c1ccccn1. The molecule has 5 aromatic rings. The monoisotopic (exact) mass is 632 g/mol. The van der Waals surface area contributed by atoms with Gasteiger partial charge in [0.1, 0.15) is 0 Å². The zero-order valence-electron chi connectivity index (χ0n) is 19.9. The second-order valence-corrected chi connectivity index (χ2v) is 8.89. The predicted molar refractivity (Wildman–Crippen MR) is 137 cm³/mol. The van der Waals surface area contributed by atoms with Gasteiger partial charge in [-0.2, -0.15) is 0 Å². The fourth-order valence-electron chi connectivity index (χ4n) is 4.49. The van der Waals surface area contributed by atoms with Crippen molar-refractivity contribution in [1.29, 1.82) is 0 Å². The normalized spacial score (nSPS) is 12.4. The molecule has 175 valence electrons. The molecule has 35 heavy (non-hydrogen) atoms. The van der Waals surface area contributed by atoms with E-state index in [9.17, 15) is 0 Å². The second-order valence-electron chi connectivity index (χ2n) is 8.89. The molecular formula is C31H25IrN3-2. The van der Waals surface area contributed by atoms with Crippen molar-refractivity contribution in [1.82, 2.24) is 15.0 Å². The predicted octanol–water partition coefficient (Wildman–Crippen LogP) is 7.10. The average Bonchev–Trinajstić information content (AvgIpc) is 3.12. The minimum absolute atomic E-state index is 0. The first kappa shape index (κ1) is 24.7. The van der Waals surface area contributed by atoms with E-state index in [0.29, 0.717) is 0 Å². The molecule has 1 radical (unpaired) electrons. The van der Waals surface area contributed by atoms with Gasteiger partial charge in [0.2, 0.25) is 0 Å². The third-order valence-corrected chi connectivity index (χ3v) is 6.34. The van der Waals surface area contributed by atoms with E-state index in [0.717, 1.165) is 28.1 Å². The summed E-state index contributed by atoms with van der Waals surface area (Å²) in [6, 6.07) is 29.6. The number of benzene rings is 2. The first-order valence-electron chi connectivity index (χ1n) is 11.4. The van der Waals surface area contributed by atoms with Gasteiger partial charge in [0, 0.05) is 43.5 Å². The van der Waals surface area contributed by atoms with Crippen molar-refractivity contribution in [2.45, 2.75) is 26.2 Å². The summed E-state index contributed by atoms with van der Waals surface area (Å²) < 4.78 is 0. The van der Waals surface area contributed by atoms with E-state index in [1.165, 1.54) is 22.3 Å². The molecule has 3 nitrogen and oxygen atoms in total. The molecule has 1 aliphatic carbocycles. The van der Waals surface area contributed by atoms with Crippen LogP contribution >= 0.6 is 0 Å². The number of rotatable bonds is 2. The van der Waals surface area contributed by atoms with Crippen LogP contribution in [0.3, 0.4) is 0 Å². The standard InChI is InChI=1S/C20H17N2.C11H8N.Ir/c1-13-8-9-21-11-15(13)19-10-18-16(12-22-19)14-6-4-5-7-17(14)20(18,2)3;1-2-6-10(7-3-1)11-8-4-5-9-12-11;/h4-10,12H,1-3H3;1-6,8-9H;/q2*-1;. The van der Waals surface area contributed by atoms with Gasteiger partial charge >= 0.3 is 0 Å². The number of aryl methyl sites for hydroxylation is 1. The Morgan fingerprint density at radius 3 is 2.29 bits per heavy atom. The smallest absolute Gasteiger partial charge is 0.0242 e. The Morgan fingerprint density at radius 1 is 0.743 bits per heavy atom. The molecule has 0 saturated carbocycles. The van der Waals surface area contributed by atoms with Crippen molar-refractivity contribution in [2.24, 2.45) is 0 Å². The van der Waals surface area contributed by atoms with Crippen LogP contribution in [-0.4, -0.2) is 15.0 Å². The van der Waals surface area contributed by atoms with Crippen LogP contribution in [0.2, 0.25) is 0 Å². The molecular weight excluding hydrogens is 607 g/mol. The van der Waals surface area contributed by atoms with Gasteiger partial charge in [-0.05, 0) is 40.3 Å². The molecule has 0 unspecified atom stereocenters. The number of fused-ring (bicyclic) bond motifs is 3. The molecule has 0 aliphatic heterocycles. The molecule has 3 heterocycles. The van der Waals surface area contributed by atoms with Crippen LogP contribution in [0.4, 0.5) is 0 Å². The van der Waals surface area contributed by atoms with Gasteiger partial charge in [-0.1, -0.05) is 69.4 Å². The van der Waals surface area contributed by atoms with E-state index in [1.54, 1.807) is 12.4 Å². The van der Waals surface area contributed by atoms with Crippen molar-refractivity contribution in [3.8, 4) is 33.6 Å². The first-order valence-corrected chi connectivity index (χ1v) is 11.4. The third kappa shape index (κ3) is 4.86. The van der Waals surface area contributed by atoms with Gasteiger partial charge in [-0.25, -0.2) is 0 Å². The fraction of sp³-hybridized carbons (Fsp3) is 0.129. The molecule has 0 amide bonds. The van der Waals surface area contributed by atoms with Crippen molar-refractivity contribution in [2.75, 3.05) is 0 Å². The summed E-state index contributed by atoms with van der Waals surface area (Å²) >= 11 is 0. The summed E-state index contributed by atoms with van der Waals surface area (Å²) in [6.07, 6.45) is 8.64. The molecule has 0 fully saturated rings. The maximum atomic E-state index is 4.67. The van der Waals surface area contributed by atoms with E-state index in [4.69, 9.17) is 0 Å². The zero-order chi connectivity index (χ0) is 23.5.